The van der Waals surface area contributed by atoms with E-state index < -0.39 is 6.23 Å². The molecule has 1 aliphatic rings. The monoisotopic (exact) mass is 213 g/mol. The van der Waals surface area contributed by atoms with Gasteiger partial charge in [-0.05, 0) is 11.5 Å². The molecule has 0 fully saturated rings. The Morgan fingerprint density at radius 2 is 1.88 bits per heavy atom. The topological polar surface area (TPSA) is 40.5 Å². The van der Waals surface area contributed by atoms with Crippen LogP contribution in [0.2, 0.25) is 0 Å². The molecule has 0 saturated carbocycles. The molecule has 1 unspecified atom stereocenters. The first-order chi connectivity index (χ1) is 7.70. The predicted octanol–water partition coefficient (Wildman–Crippen LogP) is 1.92. The van der Waals surface area contributed by atoms with Gasteiger partial charge in [0.05, 0.1) is 0 Å². The molecular weight excluding hydrogens is 202 g/mol. The van der Waals surface area contributed by atoms with E-state index in [9.17, 15) is 9.90 Å². The first-order valence-electron chi connectivity index (χ1n) is 5.17. The van der Waals surface area contributed by atoms with Gasteiger partial charge >= 0.3 is 0 Å². The number of aliphatic hydroxyl groups is 1. The molecule has 2 aromatic carbocycles. The smallest absolute Gasteiger partial charge is 0.256 e. The van der Waals surface area contributed by atoms with Gasteiger partial charge in [0.15, 0.2) is 6.23 Å². The van der Waals surface area contributed by atoms with E-state index in [4.69, 9.17) is 0 Å². The van der Waals surface area contributed by atoms with Crippen molar-refractivity contribution < 1.29 is 9.90 Å². The van der Waals surface area contributed by atoms with Gasteiger partial charge < -0.3 is 10.0 Å². The maximum atomic E-state index is 12.0. The Balaban J connectivity index is 2.48. The summed E-state index contributed by atoms with van der Waals surface area (Å²) >= 11 is 0. The molecule has 1 aliphatic heterocycles. The number of rotatable bonds is 0. The second-order valence-corrected chi connectivity index (χ2v) is 4.04. The minimum absolute atomic E-state index is 0.128. The lowest BCUT2D eigenvalue weighted by Crippen LogP contribution is -2.34. The van der Waals surface area contributed by atoms with Crippen molar-refractivity contribution in [1.29, 1.82) is 0 Å². The fourth-order valence-corrected chi connectivity index (χ4v) is 2.27. The molecule has 0 aromatic heterocycles. The van der Waals surface area contributed by atoms with Crippen LogP contribution in [0.3, 0.4) is 0 Å². The van der Waals surface area contributed by atoms with Crippen molar-refractivity contribution in [2.24, 2.45) is 0 Å². The minimum atomic E-state index is -0.842. The molecule has 3 rings (SSSR count). The molecule has 1 heterocycles. The summed E-state index contributed by atoms with van der Waals surface area (Å²) in [4.78, 5) is 13.3. The van der Waals surface area contributed by atoms with Gasteiger partial charge in [0, 0.05) is 23.6 Å². The number of benzene rings is 2. The molecule has 1 atom stereocenters. The van der Waals surface area contributed by atoms with E-state index in [-0.39, 0.29) is 5.91 Å². The van der Waals surface area contributed by atoms with Gasteiger partial charge in [-0.3, -0.25) is 4.79 Å². The Bertz CT molecular complexity index is 586. The average molecular weight is 213 g/mol. The normalized spacial score (nSPS) is 19.2. The summed E-state index contributed by atoms with van der Waals surface area (Å²) < 4.78 is 0. The van der Waals surface area contributed by atoms with Crippen LogP contribution in [0.1, 0.15) is 22.1 Å². The summed E-state index contributed by atoms with van der Waals surface area (Å²) in [5.74, 6) is -0.128. The standard InChI is InChI=1S/C13H11NO2/c1-14-12(15)9-6-2-4-8-5-3-7-10(11(8)9)13(14)16/h2-7,12,15H,1H3. The van der Waals surface area contributed by atoms with Crippen LogP contribution in [0.25, 0.3) is 10.8 Å². The predicted molar refractivity (Wildman–Crippen MR) is 61.0 cm³/mol. The molecule has 1 N–H and O–H groups in total. The molecule has 3 nitrogen and oxygen atoms in total. The highest BCUT2D eigenvalue weighted by Crippen LogP contribution is 2.34. The molecule has 2 aromatic rings. The largest absolute Gasteiger partial charge is 0.369 e. The minimum Gasteiger partial charge on any atom is -0.369 e. The van der Waals surface area contributed by atoms with E-state index in [1.54, 1.807) is 13.1 Å². The van der Waals surface area contributed by atoms with Crippen molar-refractivity contribution in [3.63, 3.8) is 0 Å². The van der Waals surface area contributed by atoms with Crippen molar-refractivity contribution >= 4 is 16.7 Å². The number of aliphatic hydroxyl groups excluding tert-OH is 1. The van der Waals surface area contributed by atoms with Gasteiger partial charge in [-0.15, -0.1) is 0 Å². The van der Waals surface area contributed by atoms with E-state index in [1.165, 1.54) is 4.90 Å². The number of amides is 1. The Hall–Kier alpha value is -1.87. The highest BCUT2D eigenvalue weighted by Gasteiger charge is 2.29. The summed E-state index contributed by atoms with van der Waals surface area (Å²) in [5.41, 5.74) is 1.47. The zero-order valence-electron chi connectivity index (χ0n) is 8.84. The van der Waals surface area contributed by atoms with Crippen LogP contribution in [-0.2, 0) is 0 Å². The molecule has 3 heteroatoms. The number of carbonyl (C=O) groups is 1. The molecular formula is C13H11NO2. The lowest BCUT2D eigenvalue weighted by atomic mass is 9.94. The van der Waals surface area contributed by atoms with Crippen molar-refractivity contribution in [3.8, 4) is 0 Å². The van der Waals surface area contributed by atoms with E-state index in [0.717, 1.165) is 16.3 Å². The quantitative estimate of drug-likeness (QED) is 0.726. The molecule has 0 radical (unpaired) electrons. The first kappa shape index (κ1) is 9.36. The summed E-state index contributed by atoms with van der Waals surface area (Å²) in [6.45, 7) is 0. The number of hydrogen-bond acceptors (Lipinski definition) is 2. The van der Waals surface area contributed by atoms with Crippen molar-refractivity contribution in [2.45, 2.75) is 6.23 Å². The van der Waals surface area contributed by atoms with Gasteiger partial charge in [0.2, 0.25) is 0 Å². The Morgan fingerprint density at radius 3 is 2.62 bits per heavy atom. The highest BCUT2D eigenvalue weighted by molar-refractivity contribution is 6.10. The maximum absolute atomic E-state index is 12.0. The van der Waals surface area contributed by atoms with E-state index in [0.29, 0.717) is 5.56 Å². The zero-order valence-corrected chi connectivity index (χ0v) is 8.84. The third-order valence-electron chi connectivity index (χ3n) is 3.13. The van der Waals surface area contributed by atoms with Gasteiger partial charge in [-0.2, -0.15) is 0 Å². The Morgan fingerprint density at radius 1 is 1.19 bits per heavy atom. The Labute approximate surface area is 92.9 Å². The van der Waals surface area contributed by atoms with Crippen molar-refractivity contribution in [3.05, 3.63) is 47.5 Å². The van der Waals surface area contributed by atoms with Crippen molar-refractivity contribution in [1.82, 2.24) is 4.90 Å². The molecule has 80 valence electrons. The van der Waals surface area contributed by atoms with Crippen LogP contribution in [-0.4, -0.2) is 23.0 Å². The van der Waals surface area contributed by atoms with Gasteiger partial charge in [-0.25, -0.2) is 0 Å². The fourth-order valence-electron chi connectivity index (χ4n) is 2.27. The lowest BCUT2D eigenvalue weighted by Gasteiger charge is -2.30. The first-order valence-corrected chi connectivity index (χ1v) is 5.17. The average Bonchev–Trinajstić information content (AvgIpc) is 2.33. The van der Waals surface area contributed by atoms with Crippen LogP contribution in [0.15, 0.2) is 36.4 Å². The third kappa shape index (κ3) is 1.03. The summed E-state index contributed by atoms with van der Waals surface area (Å²) in [7, 11) is 1.61. The molecule has 0 bridgehead atoms. The van der Waals surface area contributed by atoms with Crippen molar-refractivity contribution in [2.75, 3.05) is 7.05 Å². The van der Waals surface area contributed by atoms with E-state index >= 15 is 0 Å². The molecule has 0 aliphatic carbocycles. The van der Waals surface area contributed by atoms with Gasteiger partial charge in [0.25, 0.3) is 5.91 Å². The summed E-state index contributed by atoms with van der Waals surface area (Å²) in [6, 6.07) is 11.3. The van der Waals surface area contributed by atoms with E-state index in [2.05, 4.69) is 0 Å². The molecule has 1 amide bonds. The summed E-state index contributed by atoms with van der Waals surface area (Å²) in [6.07, 6.45) is -0.842. The van der Waals surface area contributed by atoms with Gasteiger partial charge in [0.1, 0.15) is 0 Å². The zero-order chi connectivity index (χ0) is 11.3. The fraction of sp³-hybridized carbons (Fsp3) is 0.154. The van der Waals surface area contributed by atoms with Crippen LogP contribution in [0.5, 0.6) is 0 Å². The molecule has 0 saturated heterocycles. The van der Waals surface area contributed by atoms with Crippen LogP contribution >= 0.6 is 0 Å². The second-order valence-electron chi connectivity index (χ2n) is 4.04. The number of hydrogen-bond donors (Lipinski definition) is 1. The highest BCUT2D eigenvalue weighted by atomic mass is 16.3. The molecule has 16 heavy (non-hydrogen) atoms. The maximum Gasteiger partial charge on any atom is 0.256 e. The third-order valence-corrected chi connectivity index (χ3v) is 3.13. The SMILES string of the molecule is CN1C(=O)c2cccc3cccc(c23)C1O. The van der Waals surface area contributed by atoms with Crippen LogP contribution < -0.4 is 0 Å². The van der Waals surface area contributed by atoms with Crippen LogP contribution in [0.4, 0.5) is 0 Å². The van der Waals surface area contributed by atoms with E-state index in [1.807, 2.05) is 30.3 Å². The second kappa shape index (κ2) is 3.06. The number of carbonyl (C=O) groups excluding carboxylic acids is 1. The van der Waals surface area contributed by atoms with Crippen LogP contribution in [0, 0.1) is 0 Å². The molecule has 0 spiro atoms. The summed E-state index contributed by atoms with van der Waals surface area (Å²) in [5, 5.41) is 11.9. The van der Waals surface area contributed by atoms with Gasteiger partial charge in [-0.1, -0.05) is 30.3 Å². The number of nitrogens with zero attached hydrogens (tertiary/aromatic N) is 1. The Kier molecular flexibility index (Phi) is 1.79. The lowest BCUT2D eigenvalue weighted by molar-refractivity contribution is 0.0174.